The molecular formula is C13H11NO4. The van der Waals surface area contributed by atoms with Gasteiger partial charge in [0.1, 0.15) is 0 Å². The number of hydrogen-bond donors (Lipinski definition) is 2. The Bertz CT molecular complexity index is 717. The van der Waals surface area contributed by atoms with E-state index in [1.165, 1.54) is 13.2 Å². The number of hydrogen-bond acceptors (Lipinski definition) is 4. The third-order valence-corrected chi connectivity index (χ3v) is 2.92. The summed E-state index contributed by atoms with van der Waals surface area (Å²) in [5.74, 6) is 0.454. The van der Waals surface area contributed by atoms with Crippen LogP contribution in [-0.2, 0) is 0 Å². The standard InChI is InChI=1S/C13H11NO4/c1-17-11-6-8-4-2-3-5-9(8)10-7-12(14(15)16)18-13(10)11/h2-7,14-15H,1H3. The van der Waals surface area contributed by atoms with E-state index in [1.807, 2.05) is 30.3 Å². The van der Waals surface area contributed by atoms with Crippen molar-refractivity contribution in [3.8, 4) is 5.75 Å². The quantitative estimate of drug-likeness (QED) is 0.677. The molecule has 18 heavy (non-hydrogen) atoms. The zero-order chi connectivity index (χ0) is 12.7. The molecule has 2 N–H and O–H groups in total. The smallest absolute Gasteiger partial charge is 0.329 e. The van der Waals surface area contributed by atoms with Gasteiger partial charge in [-0.05, 0) is 16.8 Å². The summed E-state index contributed by atoms with van der Waals surface area (Å²) >= 11 is 0. The van der Waals surface area contributed by atoms with Gasteiger partial charge in [0.25, 0.3) is 0 Å². The van der Waals surface area contributed by atoms with E-state index in [0.29, 0.717) is 11.3 Å². The first-order chi connectivity index (χ1) is 8.70. The van der Waals surface area contributed by atoms with Crippen molar-refractivity contribution >= 4 is 27.6 Å². The molecule has 2 aromatic carbocycles. The van der Waals surface area contributed by atoms with Gasteiger partial charge in [-0.25, -0.2) is 5.21 Å². The lowest BCUT2D eigenvalue weighted by molar-refractivity contribution is -0.997. The summed E-state index contributed by atoms with van der Waals surface area (Å²) in [5.41, 5.74) is 0.466. The summed E-state index contributed by atoms with van der Waals surface area (Å²) in [6.45, 7) is 0. The summed E-state index contributed by atoms with van der Waals surface area (Å²) in [4.78, 5) is 0. The van der Waals surface area contributed by atoms with Gasteiger partial charge in [0.15, 0.2) is 11.3 Å². The molecule has 5 heteroatoms. The van der Waals surface area contributed by atoms with E-state index in [-0.39, 0.29) is 5.88 Å². The molecule has 0 saturated heterocycles. The third kappa shape index (κ3) is 1.53. The summed E-state index contributed by atoms with van der Waals surface area (Å²) in [6.07, 6.45) is 0. The molecule has 0 aliphatic rings. The third-order valence-electron chi connectivity index (χ3n) is 2.92. The molecule has 92 valence electrons. The average molecular weight is 245 g/mol. The molecule has 0 fully saturated rings. The number of benzene rings is 2. The minimum atomic E-state index is -1.09. The lowest BCUT2D eigenvalue weighted by Crippen LogP contribution is -2.98. The van der Waals surface area contributed by atoms with Crippen LogP contribution in [0.25, 0.3) is 21.7 Å². The highest BCUT2D eigenvalue weighted by molar-refractivity contribution is 6.09. The van der Waals surface area contributed by atoms with Crippen molar-refractivity contribution in [2.75, 3.05) is 7.11 Å². The number of nitrogens with one attached hydrogen (secondary N) is 1. The van der Waals surface area contributed by atoms with Crippen molar-refractivity contribution in [2.24, 2.45) is 0 Å². The van der Waals surface area contributed by atoms with Gasteiger partial charge >= 0.3 is 5.88 Å². The second-order valence-electron chi connectivity index (χ2n) is 3.96. The second-order valence-corrected chi connectivity index (χ2v) is 3.96. The van der Waals surface area contributed by atoms with E-state index in [9.17, 15) is 5.21 Å². The maximum atomic E-state index is 11.0. The lowest BCUT2D eigenvalue weighted by Gasteiger charge is -2.06. The maximum absolute atomic E-state index is 11.0. The Balaban J connectivity index is 2.45. The highest BCUT2D eigenvalue weighted by Gasteiger charge is 2.16. The van der Waals surface area contributed by atoms with Crippen LogP contribution in [0.15, 0.2) is 40.8 Å². The van der Waals surface area contributed by atoms with Gasteiger partial charge in [-0.1, -0.05) is 24.3 Å². The zero-order valence-electron chi connectivity index (χ0n) is 9.64. The molecule has 5 nitrogen and oxygen atoms in total. The normalized spacial score (nSPS) is 13.1. The molecule has 0 bridgehead atoms. The van der Waals surface area contributed by atoms with Gasteiger partial charge in [-0.3, -0.25) is 0 Å². The van der Waals surface area contributed by atoms with Crippen molar-refractivity contribution in [3.05, 3.63) is 41.6 Å². The summed E-state index contributed by atoms with van der Waals surface area (Å²) in [5, 5.41) is 21.6. The van der Waals surface area contributed by atoms with E-state index < -0.39 is 5.23 Å². The molecule has 1 aromatic heterocycles. The Morgan fingerprint density at radius 1 is 1.22 bits per heavy atom. The molecular weight excluding hydrogens is 234 g/mol. The lowest BCUT2D eigenvalue weighted by atomic mass is 10.1. The fourth-order valence-corrected chi connectivity index (χ4v) is 2.11. The predicted octanol–water partition coefficient (Wildman–Crippen LogP) is 2.00. The molecule has 3 rings (SSSR count). The Morgan fingerprint density at radius 3 is 2.72 bits per heavy atom. The number of furan rings is 1. The van der Waals surface area contributed by atoms with Gasteiger partial charge in [0.2, 0.25) is 0 Å². The van der Waals surface area contributed by atoms with Crippen LogP contribution in [0.4, 0.5) is 5.88 Å². The molecule has 3 aromatic rings. The van der Waals surface area contributed by atoms with E-state index >= 15 is 0 Å². The Kier molecular flexibility index (Phi) is 2.45. The first-order valence-corrected chi connectivity index (χ1v) is 5.43. The molecule has 1 atom stereocenters. The van der Waals surface area contributed by atoms with Crippen molar-refractivity contribution in [2.45, 2.75) is 0 Å². The molecule has 0 saturated carbocycles. The number of ether oxygens (including phenoxy) is 1. The van der Waals surface area contributed by atoms with Crippen LogP contribution in [0.5, 0.6) is 5.75 Å². The van der Waals surface area contributed by atoms with E-state index in [1.54, 1.807) is 0 Å². The molecule has 0 spiro atoms. The number of quaternary nitrogens is 1. The van der Waals surface area contributed by atoms with E-state index in [0.717, 1.165) is 16.2 Å². The molecule has 0 amide bonds. The van der Waals surface area contributed by atoms with Crippen molar-refractivity contribution in [1.29, 1.82) is 0 Å². The summed E-state index contributed by atoms with van der Waals surface area (Å²) < 4.78 is 10.6. The molecule has 0 aliphatic heterocycles. The van der Waals surface area contributed by atoms with Gasteiger partial charge < -0.3 is 14.4 Å². The van der Waals surface area contributed by atoms with Gasteiger partial charge in [-0.2, -0.15) is 5.23 Å². The van der Waals surface area contributed by atoms with Crippen molar-refractivity contribution in [3.63, 3.8) is 0 Å². The highest BCUT2D eigenvalue weighted by atomic mass is 16.8. The van der Waals surface area contributed by atoms with Crippen LogP contribution in [0, 0.1) is 5.21 Å². The zero-order valence-corrected chi connectivity index (χ0v) is 9.64. The Morgan fingerprint density at radius 2 is 2.00 bits per heavy atom. The van der Waals surface area contributed by atoms with Gasteiger partial charge in [0, 0.05) is 5.39 Å². The van der Waals surface area contributed by atoms with Gasteiger partial charge in [-0.15, -0.1) is 0 Å². The monoisotopic (exact) mass is 245 g/mol. The first-order valence-electron chi connectivity index (χ1n) is 5.43. The second kappa shape index (κ2) is 3.99. The SMILES string of the molecule is COc1cc2ccccc2c2cc([NH+]([O-])O)oc12. The summed E-state index contributed by atoms with van der Waals surface area (Å²) in [7, 11) is 1.53. The van der Waals surface area contributed by atoms with Crippen LogP contribution in [-0.4, -0.2) is 12.3 Å². The molecule has 0 radical (unpaired) electrons. The molecule has 1 unspecified atom stereocenters. The van der Waals surface area contributed by atoms with Crippen molar-refractivity contribution in [1.82, 2.24) is 0 Å². The highest BCUT2D eigenvalue weighted by Crippen LogP contribution is 2.36. The van der Waals surface area contributed by atoms with Crippen LogP contribution in [0.3, 0.4) is 0 Å². The van der Waals surface area contributed by atoms with E-state index in [2.05, 4.69) is 0 Å². The fraction of sp³-hybridized carbons (Fsp3) is 0.0769. The Hall–Kier alpha value is -2.08. The van der Waals surface area contributed by atoms with Crippen molar-refractivity contribution < 1.29 is 19.6 Å². The minimum absolute atomic E-state index is 0.0837. The number of fused-ring (bicyclic) bond motifs is 3. The number of rotatable bonds is 2. The van der Waals surface area contributed by atoms with E-state index in [4.69, 9.17) is 14.4 Å². The van der Waals surface area contributed by atoms with Crippen LogP contribution in [0.2, 0.25) is 0 Å². The maximum Gasteiger partial charge on any atom is 0.329 e. The number of methoxy groups -OCH3 is 1. The average Bonchev–Trinajstić information content (AvgIpc) is 2.83. The fourth-order valence-electron chi connectivity index (χ4n) is 2.11. The first kappa shape index (κ1) is 11.0. The Labute approximate surface area is 102 Å². The molecule has 1 heterocycles. The predicted molar refractivity (Wildman–Crippen MR) is 66.0 cm³/mol. The molecule has 0 aliphatic carbocycles. The summed E-state index contributed by atoms with van der Waals surface area (Å²) in [6, 6.07) is 11.1. The van der Waals surface area contributed by atoms with Crippen LogP contribution >= 0.6 is 0 Å². The van der Waals surface area contributed by atoms with Crippen LogP contribution < -0.4 is 9.96 Å². The largest absolute Gasteiger partial charge is 0.592 e. The topological polar surface area (TPSA) is 70.1 Å². The minimum Gasteiger partial charge on any atom is -0.592 e. The van der Waals surface area contributed by atoms with Crippen LogP contribution in [0.1, 0.15) is 0 Å². The van der Waals surface area contributed by atoms with Gasteiger partial charge in [0.05, 0.1) is 13.2 Å².